The number of carbonyl (C=O) groups excluding carboxylic acids is 1. The second-order valence-corrected chi connectivity index (χ2v) is 6.84. The number of carbonyl (C=O) groups is 1. The highest BCUT2D eigenvalue weighted by Crippen LogP contribution is 2.13. The zero-order valence-corrected chi connectivity index (χ0v) is 12.9. The van der Waals surface area contributed by atoms with Crippen LogP contribution in [0.5, 0.6) is 5.75 Å². The van der Waals surface area contributed by atoms with E-state index in [1.165, 1.54) is 0 Å². The van der Waals surface area contributed by atoms with Crippen molar-refractivity contribution in [2.24, 2.45) is 0 Å². The van der Waals surface area contributed by atoms with Crippen LogP contribution >= 0.6 is 0 Å². The molecule has 0 radical (unpaired) electrons. The predicted molar refractivity (Wildman–Crippen MR) is 80.9 cm³/mol. The van der Waals surface area contributed by atoms with Crippen LogP contribution in [0.4, 0.5) is 5.69 Å². The molecule has 118 valence electrons. The Morgan fingerprint density at radius 1 is 1.14 bits per heavy atom. The lowest BCUT2D eigenvalue weighted by Gasteiger charge is -2.07. The lowest BCUT2D eigenvalue weighted by atomic mass is 10.3. The van der Waals surface area contributed by atoms with Crippen molar-refractivity contribution in [1.29, 1.82) is 0 Å². The molecule has 0 aromatic heterocycles. The molecule has 0 fully saturated rings. The van der Waals surface area contributed by atoms with Gasteiger partial charge in [-0.25, -0.2) is 8.42 Å². The monoisotopic (exact) mass is 315 g/mol. The van der Waals surface area contributed by atoms with E-state index >= 15 is 0 Å². The van der Waals surface area contributed by atoms with Gasteiger partial charge in [-0.15, -0.1) is 0 Å². The third-order valence-electron chi connectivity index (χ3n) is 2.63. The number of nitrogen functional groups attached to an aromatic ring is 1. The van der Waals surface area contributed by atoms with Crippen LogP contribution < -0.4 is 10.5 Å². The van der Waals surface area contributed by atoms with Crippen LogP contribution in [-0.4, -0.2) is 39.1 Å². The summed E-state index contributed by atoms with van der Waals surface area (Å²) in [6.07, 6.45) is 0.629. The first-order valence-corrected chi connectivity index (χ1v) is 8.59. The molecule has 0 spiro atoms. The summed E-state index contributed by atoms with van der Waals surface area (Å²) < 4.78 is 33.0. The molecule has 7 heteroatoms. The minimum Gasteiger partial charge on any atom is -0.493 e. The minimum atomic E-state index is -3.12. The number of anilines is 1. The van der Waals surface area contributed by atoms with Crippen molar-refractivity contribution in [1.82, 2.24) is 0 Å². The maximum Gasteiger partial charge on any atom is 0.309 e. The van der Waals surface area contributed by atoms with Gasteiger partial charge in [0.05, 0.1) is 24.5 Å². The highest BCUT2D eigenvalue weighted by Gasteiger charge is 2.11. The molecular weight excluding hydrogens is 294 g/mol. The maximum atomic E-state index is 11.4. The van der Waals surface area contributed by atoms with Gasteiger partial charge in [0, 0.05) is 5.69 Å². The molecule has 1 rings (SSSR count). The second kappa shape index (κ2) is 8.51. The van der Waals surface area contributed by atoms with E-state index in [2.05, 4.69) is 0 Å². The predicted octanol–water partition coefficient (Wildman–Crippen LogP) is 1.41. The van der Waals surface area contributed by atoms with Gasteiger partial charge in [-0.3, -0.25) is 4.79 Å². The molecule has 0 atom stereocenters. The fourth-order valence-corrected chi connectivity index (χ4v) is 2.75. The first-order valence-electron chi connectivity index (χ1n) is 6.77. The van der Waals surface area contributed by atoms with Gasteiger partial charge in [-0.1, -0.05) is 6.92 Å². The van der Waals surface area contributed by atoms with Gasteiger partial charge in [-0.2, -0.15) is 0 Å². The van der Waals surface area contributed by atoms with E-state index in [-0.39, 0.29) is 31.1 Å². The third kappa shape index (κ3) is 7.55. The SMILES string of the molecule is CCCS(=O)(=O)CCOC(=O)CCOc1ccc(N)cc1. The lowest BCUT2D eigenvalue weighted by Crippen LogP contribution is -2.18. The molecule has 6 nitrogen and oxygen atoms in total. The molecule has 0 unspecified atom stereocenters. The van der Waals surface area contributed by atoms with Crippen LogP contribution in [0.2, 0.25) is 0 Å². The van der Waals surface area contributed by atoms with Gasteiger partial charge in [0.25, 0.3) is 0 Å². The van der Waals surface area contributed by atoms with Crippen LogP contribution in [0.25, 0.3) is 0 Å². The molecule has 0 bridgehead atoms. The van der Waals surface area contributed by atoms with Gasteiger partial charge in [0.1, 0.15) is 12.4 Å². The summed E-state index contributed by atoms with van der Waals surface area (Å²) in [5, 5.41) is 0. The Hall–Kier alpha value is -1.76. The Morgan fingerprint density at radius 3 is 2.43 bits per heavy atom. The Bertz CT molecular complexity index is 539. The molecule has 0 aliphatic carbocycles. The van der Waals surface area contributed by atoms with E-state index in [0.29, 0.717) is 17.9 Å². The van der Waals surface area contributed by atoms with E-state index in [0.717, 1.165) is 0 Å². The average molecular weight is 315 g/mol. The van der Waals surface area contributed by atoms with Crippen molar-refractivity contribution in [2.45, 2.75) is 19.8 Å². The van der Waals surface area contributed by atoms with Crippen molar-refractivity contribution in [3.05, 3.63) is 24.3 Å². The zero-order chi connectivity index (χ0) is 15.7. The molecule has 1 aromatic carbocycles. The van der Waals surface area contributed by atoms with Crippen LogP contribution in [0.15, 0.2) is 24.3 Å². The first kappa shape index (κ1) is 17.3. The molecular formula is C14H21NO5S. The lowest BCUT2D eigenvalue weighted by molar-refractivity contribution is -0.143. The van der Waals surface area contributed by atoms with E-state index in [1.54, 1.807) is 31.2 Å². The minimum absolute atomic E-state index is 0.0677. The highest BCUT2D eigenvalue weighted by atomic mass is 32.2. The van der Waals surface area contributed by atoms with Crippen LogP contribution in [0.1, 0.15) is 19.8 Å². The topological polar surface area (TPSA) is 95.7 Å². The Kier molecular flexibility index (Phi) is 7.01. The van der Waals surface area contributed by atoms with Gasteiger partial charge < -0.3 is 15.2 Å². The van der Waals surface area contributed by atoms with Gasteiger partial charge in [-0.05, 0) is 30.7 Å². The fraction of sp³-hybridized carbons (Fsp3) is 0.500. The van der Waals surface area contributed by atoms with Crippen molar-refractivity contribution < 1.29 is 22.7 Å². The van der Waals surface area contributed by atoms with Crippen molar-refractivity contribution in [2.75, 3.05) is 30.5 Å². The summed E-state index contributed by atoms with van der Waals surface area (Å²) in [6, 6.07) is 6.81. The van der Waals surface area contributed by atoms with Crippen LogP contribution in [0.3, 0.4) is 0 Å². The van der Waals surface area contributed by atoms with E-state index in [9.17, 15) is 13.2 Å². The summed E-state index contributed by atoms with van der Waals surface area (Å²) in [4.78, 5) is 11.4. The molecule has 1 aromatic rings. The first-order chi connectivity index (χ1) is 9.93. The fourth-order valence-electron chi connectivity index (χ4n) is 1.58. The largest absolute Gasteiger partial charge is 0.493 e. The van der Waals surface area contributed by atoms with Crippen LogP contribution in [-0.2, 0) is 19.4 Å². The smallest absolute Gasteiger partial charge is 0.309 e. The number of ether oxygens (including phenoxy) is 2. The summed E-state index contributed by atoms with van der Waals surface area (Å²) >= 11 is 0. The summed E-state index contributed by atoms with van der Waals surface area (Å²) in [5.41, 5.74) is 6.17. The van der Waals surface area contributed by atoms with Crippen molar-refractivity contribution >= 4 is 21.5 Å². The Labute approximate surface area is 125 Å². The number of sulfone groups is 1. The van der Waals surface area contributed by atoms with E-state index in [1.807, 2.05) is 0 Å². The van der Waals surface area contributed by atoms with Gasteiger partial charge >= 0.3 is 5.97 Å². The maximum absolute atomic E-state index is 11.4. The number of nitrogens with two attached hydrogens (primary N) is 1. The summed E-state index contributed by atoms with van der Waals surface area (Å²) in [6.45, 7) is 1.85. The number of esters is 1. The van der Waals surface area contributed by atoms with E-state index in [4.69, 9.17) is 15.2 Å². The number of hydrogen-bond donors (Lipinski definition) is 1. The second-order valence-electron chi connectivity index (χ2n) is 4.54. The van der Waals surface area contributed by atoms with Gasteiger partial charge in [0.2, 0.25) is 0 Å². The van der Waals surface area contributed by atoms with Crippen molar-refractivity contribution in [3.8, 4) is 5.75 Å². The van der Waals surface area contributed by atoms with Gasteiger partial charge in [0.15, 0.2) is 9.84 Å². The molecule has 0 heterocycles. The van der Waals surface area contributed by atoms with E-state index < -0.39 is 15.8 Å². The quantitative estimate of drug-likeness (QED) is 0.547. The molecule has 21 heavy (non-hydrogen) atoms. The summed E-state index contributed by atoms with van der Waals surface area (Å²) in [7, 11) is -3.12. The summed E-state index contributed by atoms with van der Waals surface area (Å²) in [5.74, 6) is 0.121. The van der Waals surface area contributed by atoms with Crippen LogP contribution in [0, 0.1) is 0 Å². The molecule has 2 N–H and O–H groups in total. The number of rotatable bonds is 9. The van der Waals surface area contributed by atoms with Crippen molar-refractivity contribution in [3.63, 3.8) is 0 Å². The molecule has 0 aliphatic rings. The average Bonchev–Trinajstić information content (AvgIpc) is 2.40. The molecule has 0 saturated carbocycles. The highest BCUT2D eigenvalue weighted by molar-refractivity contribution is 7.91. The normalized spacial score (nSPS) is 11.1. The molecule has 0 saturated heterocycles. The number of benzene rings is 1. The Balaban J connectivity index is 2.18. The number of hydrogen-bond acceptors (Lipinski definition) is 6. The molecule has 0 amide bonds. The zero-order valence-electron chi connectivity index (χ0n) is 12.1. The standard InChI is InChI=1S/C14H21NO5S/c1-2-10-21(17,18)11-9-20-14(16)7-8-19-13-5-3-12(15)4-6-13/h3-6H,2,7-11,15H2,1H3. The Morgan fingerprint density at radius 2 is 1.81 bits per heavy atom. The third-order valence-corrected chi connectivity index (χ3v) is 4.45. The molecule has 0 aliphatic heterocycles.